The van der Waals surface area contributed by atoms with Crippen LogP contribution in [-0.4, -0.2) is 29.6 Å². The van der Waals surface area contributed by atoms with Crippen LogP contribution in [0.4, 0.5) is 0 Å². The van der Waals surface area contributed by atoms with Crippen molar-refractivity contribution >= 4 is 53.9 Å². The quantitative estimate of drug-likeness (QED) is 0.624. The Morgan fingerprint density at radius 1 is 1.00 bits per heavy atom. The maximum Gasteiger partial charge on any atom is 0.0258 e. The van der Waals surface area contributed by atoms with Crippen molar-refractivity contribution in [3.63, 3.8) is 0 Å². The van der Waals surface area contributed by atoms with Gasteiger partial charge >= 0.3 is 0 Å². The molecular formula is C13H12NaS2. The van der Waals surface area contributed by atoms with Gasteiger partial charge in [0.1, 0.15) is 0 Å². The van der Waals surface area contributed by atoms with Crippen molar-refractivity contribution in [2.45, 2.75) is 21.6 Å². The Hall–Kier alpha value is 0.140. The van der Waals surface area contributed by atoms with E-state index in [0.717, 1.165) is 4.90 Å². The monoisotopic (exact) mass is 255 g/mol. The predicted molar refractivity (Wildman–Crippen MR) is 74.8 cm³/mol. The summed E-state index contributed by atoms with van der Waals surface area (Å²) in [6, 6.07) is 16.6. The minimum Gasteiger partial charge on any atom is -0.142 e. The second kappa shape index (κ2) is 6.77. The summed E-state index contributed by atoms with van der Waals surface area (Å²) in [5.74, 6) is 0. The summed E-state index contributed by atoms with van der Waals surface area (Å²) in [4.78, 5) is 3.50. The molecule has 0 aliphatic rings. The number of thiol groups is 1. The van der Waals surface area contributed by atoms with Gasteiger partial charge in [0, 0.05) is 44.2 Å². The summed E-state index contributed by atoms with van der Waals surface area (Å²) in [6.45, 7) is 2.10. The Labute approximate surface area is 129 Å². The molecule has 0 atom stereocenters. The molecule has 2 aromatic carbocycles. The van der Waals surface area contributed by atoms with Gasteiger partial charge in [0.05, 0.1) is 0 Å². The van der Waals surface area contributed by atoms with Crippen molar-refractivity contribution in [3.8, 4) is 0 Å². The molecule has 77 valence electrons. The van der Waals surface area contributed by atoms with Crippen molar-refractivity contribution in [3.05, 3.63) is 54.1 Å². The van der Waals surface area contributed by atoms with Gasteiger partial charge in [-0.3, -0.25) is 0 Å². The Balaban J connectivity index is 0.00000128. The van der Waals surface area contributed by atoms with Gasteiger partial charge in [-0.15, -0.1) is 12.6 Å². The van der Waals surface area contributed by atoms with E-state index in [9.17, 15) is 0 Å². The molecule has 0 bridgehead atoms. The van der Waals surface area contributed by atoms with Crippen LogP contribution in [0.15, 0.2) is 63.2 Å². The zero-order chi connectivity index (χ0) is 10.7. The van der Waals surface area contributed by atoms with Crippen molar-refractivity contribution in [2.75, 3.05) is 0 Å². The van der Waals surface area contributed by atoms with E-state index in [1.54, 1.807) is 11.8 Å². The topological polar surface area (TPSA) is 0 Å². The molecule has 2 aromatic rings. The van der Waals surface area contributed by atoms with Crippen LogP contribution < -0.4 is 0 Å². The molecule has 0 spiro atoms. The molecule has 0 unspecified atom stereocenters. The van der Waals surface area contributed by atoms with Gasteiger partial charge in [0.2, 0.25) is 0 Å². The summed E-state index contributed by atoms with van der Waals surface area (Å²) in [7, 11) is 0. The van der Waals surface area contributed by atoms with Crippen molar-refractivity contribution in [2.24, 2.45) is 0 Å². The van der Waals surface area contributed by atoms with E-state index in [1.165, 1.54) is 15.4 Å². The fraction of sp³-hybridized carbons (Fsp3) is 0.0769. The molecule has 0 heterocycles. The molecule has 0 amide bonds. The molecule has 0 saturated heterocycles. The van der Waals surface area contributed by atoms with Crippen LogP contribution in [0.5, 0.6) is 0 Å². The minimum absolute atomic E-state index is 0. The maximum atomic E-state index is 4.45. The Kier molecular flexibility index (Phi) is 6.01. The average molecular weight is 255 g/mol. The molecular weight excluding hydrogens is 243 g/mol. The number of aryl methyl sites for hydroxylation is 1. The van der Waals surface area contributed by atoms with Crippen molar-refractivity contribution in [1.82, 2.24) is 0 Å². The van der Waals surface area contributed by atoms with E-state index >= 15 is 0 Å². The third kappa shape index (κ3) is 3.86. The van der Waals surface area contributed by atoms with Gasteiger partial charge in [-0.2, -0.15) is 0 Å². The Bertz CT molecular complexity index is 455. The van der Waals surface area contributed by atoms with Gasteiger partial charge in [-0.05, 0) is 36.8 Å². The largest absolute Gasteiger partial charge is 0.142 e. The predicted octanol–water partition coefficient (Wildman–Crippen LogP) is 4.05. The number of rotatable bonds is 2. The molecule has 0 aliphatic carbocycles. The smallest absolute Gasteiger partial charge is 0.0258 e. The van der Waals surface area contributed by atoms with E-state index < -0.39 is 0 Å². The zero-order valence-corrected chi connectivity index (χ0v) is 13.2. The van der Waals surface area contributed by atoms with Gasteiger partial charge in [-0.1, -0.05) is 36.0 Å². The summed E-state index contributed by atoms with van der Waals surface area (Å²) in [6.07, 6.45) is 0. The SMILES string of the molecule is Cc1ccc(S)c(Sc2ccccc2)c1.[Na]. The maximum absolute atomic E-state index is 4.45. The zero-order valence-electron chi connectivity index (χ0n) is 9.47. The third-order valence-corrected chi connectivity index (χ3v) is 3.69. The fourth-order valence-electron chi connectivity index (χ4n) is 1.32. The van der Waals surface area contributed by atoms with Crippen LogP contribution in [0.3, 0.4) is 0 Å². The van der Waals surface area contributed by atoms with E-state index in [2.05, 4.69) is 56.0 Å². The second-order valence-corrected chi connectivity index (χ2v) is 4.98. The van der Waals surface area contributed by atoms with Gasteiger partial charge in [-0.25, -0.2) is 0 Å². The first kappa shape index (κ1) is 14.2. The van der Waals surface area contributed by atoms with Gasteiger partial charge in [0.25, 0.3) is 0 Å². The number of benzene rings is 2. The van der Waals surface area contributed by atoms with Crippen LogP contribution in [0.2, 0.25) is 0 Å². The molecule has 3 heteroatoms. The van der Waals surface area contributed by atoms with Crippen LogP contribution in [0, 0.1) is 6.92 Å². The van der Waals surface area contributed by atoms with Crippen molar-refractivity contribution < 1.29 is 0 Å². The first-order valence-corrected chi connectivity index (χ1v) is 6.04. The second-order valence-electron chi connectivity index (χ2n) is 3.39. The molecule has 2 rings (SSSR count). The Morgan fingerprint density at radius 3 is 2.38 bits per heavy atom. The van der Waals surface area contributed by atoms with Crippen molar-refractivity contribution in [1.29, 1.82) is 0 Å². The molecule has 0 saturated carbocycles. The van der Waals surface area contributed by atoms with Crippen LogP contribution in [0.1, 0.15) is 5.56 Å². The van der Waals surface area contributed by atoms with Gasteiger partial charge in [0.15, 0.2) is 0 Å². The van der Waals surface area contributed by atoms with Crippen LogP contribution in [0.25, 0.3) is 0 Å². The number of hydrogen-bond acceptors (Lipinski definition) is 2. The molecule has 0 fully saturated rings. The van der Waals surface area contributed by atoms with E-state index in [1.807, 2.05) is 12.1 Å². The van der Waals surface area contributed by atoms with Crippen LogP contribution in [-0.2, 0) is 0 Å². The van der Waals surface area contributed by atoms with E-state index in [4.69, 9.17) is 0 Å². The fourth-order valence-corrected chi connectivity index (χ4v) is 2.56. The summed E-state index contributed by atoms with van der Waals surface area (Å²) in [5.41, 5.74) is 1.27. The Morgan fingerprint density at radius 2 is 1.69 bits per heavy atom. The molecule has 0 aromatic heterocycles. The van der Waals surface area contributed by atoms with Gasteiger partial charge < -0.3 is 0 Å². The van der Waals surface area contributed by atoms with E-state index in [-0.39, 0.29) is 29.6 Å². The number of hydrogen-bond donors (Lipinski definition) is 1. The molecule has 16 heavy (non-hydrogen) atoms. The van der Waals surface area contributed by atoms with Crippen LogP contribution >= 0.6 is 24.4 Å². The minimum atomic E-state index is 0. The molecule has 0 aliphatic heterocycles. The normalized spacial score (nSPS) is 9.62. The molecule has 0 nitrogen and oxygen atoms in total. The van der Waals surface area contributed by atoms with E-state index in [0.29, 0.717) is 0 Å². The first-order chi connectivity index (χ1) is 7.25. The average Bonchev–Trinajstić information content (AvgIpc) is 2.25. The summed E-state index contributed by atoms with van der Waals surface area (Å²) in [5, 5.41) is 0. The third-order valence-electron chi connectivity index (χ3n) is 2.09. The summed E-state index contributed by atoms with van der Waals surface area (Å²) < 4.78 is 0. The molecule has 1 radical (unpaired) electrons. The first-order valence-electron chi connectivity index (χ1n) is 4.78. The summed E-state index contributed by atoms with van der Waals surface area (Å²) >= 11 is 6.21. The molecule has 0 N–H and O–H groups in total. The standard InChI is InChI=1S/C13H12S2.Na/c1-10-7-8-12(14)13(9-10)15-11-5-3-2-4-6-11;/h2-9,14H,1H3;.